The minimum Gasteiger partial charge on any atom is -0.493 e. The lowest BCUT2D eigenvalue weighted by Gasteiger charge is -2.14. The molecule has 6 heteroatoms. The fourth-order valence-electron chi connectivity index (χ4n) is 2.48. The molecule has 0 radical (unpaired) electrons. The van der Waals surface area contributed by atoms with E-state index in [0.29, 0.717) is 13.2 Å². The molecule has 0 aromatic heterocycles. The van der Waals surface area contributed by atoms with Crippen LogP contribution in [0.3, 0.4) is 0 Å². The molecule has 0 heterocycles. The number of methoxy groups -OCH3 is 1. The Bertz CT molecular complexity index is 559. The standard InChI is InChI=1S/C20H33N3O3/c1-4-11-26-18-9-8-17(13-19(18)24-3)14-23-20(21-2)22-10-5-12-25-15-16-6-7-16/h8-9,13,16H,4-7,10-12,14-15H2,1-3H3,(H2,21,22,23). The van der Waals surface area contributed by atoms with Gasteiger partial charge in [0.05, 0.1) is 13.7 Å². The first-order valence-electron chi connectivity index (χ1n) is 9.58. The highest BCUT2D eigenvalue weighted by Crippen LogP contribution is 2.29. The van der Waals surface area contributed by atoms with Gasteiger partial charge in [-0.15, -0.1) is 0 Å². The SMILES string of the molecule is CCCOc1ccc(CNC(=NC)NCCCOCC2CC2)cc1OC. The van der Waals surface area contributed by atoms with Crippen LogP contribution in [0.1, 0.15) is 38.2 Å². The molecule has 1 aromatic rings. The van der Waals surface area contributed by atoms with Gasteiger partial charge in [-0.05, 0) is 49.3 Å². The minimum absolute atomic E-state index is 0.669. The lowest BCUT2D eigenvalue weighted by molar-refractivity contribution is 0.123. The highest BCUT2D eigenvalue weighted by Gasteiger charge is 2.20. The Kier molecular flexibility index (Phi) is 9.10. The first-order chi connectivity index (χ1) is 12.8. The zero-order chi connectivity index (χ0) is 18.6. The topological polar surface area (TPSA) is 64.1 Å². The largest absolute Gasteiger partial charge is 0.493 e. The molecule has 0 atom stereocenters. The summed E-state index contributed by atoms with van der Waals surface area (Å²) in [5.41, 5.74) is 1.11. The third-order valence-corrected chi connectivity index (χ3v) is 4.18. The molecule has 1 aliphatic carbocycles. The molecule has 26 heavy (non-hydrogen) atoms. The smallest absolute Gasteiger partial charge is 0.191 e. The van der Waals surface area contributed by atoms with Gasteiger partial charge in [-0.1, -0.05) is 13.0 Å². The Morgan fingerprint density at radius 2 is 2.04 bits per heavy atom. The third-order valence-electron chi connectivity index (χ3n) is 4.18. The van der Waals surface area contributed by atoms with Crippen LogP contribution < -0.4 is 20.1 Å². The van der Waals surface area contributed by atoms with E-state index in [9.17, 15) is 0 Å². The Balaban J connectivity index is 1.69. The van der Waals surface area contributed by atoms with Gasteiger partial charge in [0.25, 0.3) is 0 Å². The molecule has 0 unspecified atom stereocenters. The zero-order valence-electron chi connectivity index (χ0n) is 16.3. The normalized spacial score (nSPS) is 14.2. The molecule has 146 valence electrons. The molecule has 6 nitrogen and oxygen atoms in total. The van der Waals surface area contributed by atoms with E-state index in [2.05, 4.69) is 22.5 Å². The van der Waals surface area contributed by atoms with E-state index >= 15 is 0 Å². The van der Waals surface area contributed by atoms with Crippen LogP contribution in [-0.4, -0.2) is 46.5 Å². The number of guanidine groups is 1. The van der Waals surface area contributed by atoms with Crippen molar-refractivity contribution in [2.45, 2.75) is 39.2 Å². The summed E-state index contributed by atoms with van der Waals surface area (Å²) in [7, 11) is 3.44. The number of aliphatic imine (C=N–C) groups is 1. The van der Waals surface area contributed by atoms with E-state index in [0.717, 1.165) is 61.5 Å². The predicted octanol–water partition coefficient (Wildman–Crippen LogP) is 2.97. The van der Waals surface area contributed by atoms with Gasteiger partial charge in [0.1, 0.15) is 0 Å². The summed E-state index contributed by atoms with van der Waals surface area (Å²) in [5.74, 6) is 3.16. The van der Waals surface area contributed by atoms with Gasteiger partial charge >= 0.3 is 0 Å². The second-order valence-corrected chi connectivity index (χ2v) is 6.56. The lowest BCUT2D eigenvalue weighted by Crippen LogP contribution is -2.37. The summed E-state index contributed by atoms with van der Waals surface area (Å²) in [6, 6.07) is 6.00. The summed E-state index contributed by atoms with van der Waals surface area (Å²) in [4.78, 5) is 4.26. The minimum atomic E-state index is 0.669. The van der Waals surface area contributed by atoms with Gasteiger partial charge in [-0.3, -0.25) is 4.99 Å². The maximum absolute atomic E-state index is 5.69. The molecule has 0 bridgehead atoms. The molecule has 1 aliphatic rings. The van der Waals surface area contributed by atoms with Crippen LogP contribution in [0.5, 0.6) is 11.5 Å². The number of nitrogens with zero attached hydrogens (tertiary/aromatic N) is 1. The number of nitrogens with one attached hydrogen (secondary N) is 2. The van der Waals surface area contributed by atoms with Crippen molar-refractivity contribution in [2.24, 2.45) is 10.9 Å². The van der Waals surface area contributed by atoms with Gasteiger partial charge in [-0.25, -0.2) is 0 Å². The molecule has 2 rings (SSSR count). The van der Waals surface area contributed by atoms with Crippen molar-refractivity contribution >= 4 is 5.96 Å². The second-order valence-electron chi connectivity index (χ2n) is 6.56. The lowest BCUT2D eigenvalue weighted by atomic mass is 10.2. The van der Waals surface area contributed by atoms with Crippen molar-refractivity contribution in [3.63, 3.8) is 0 Å². The molecule has 1 aromatic carbocycles. The van der Waals surface area contributed by atoms with Crippen molar-refractivity contribution in [3.05, 3.63) is 23.8 Å². The maximum Gasteiger partial charge on any atom is 0.191 e. The summed E-state index contributed by atoms with van der Waals surface area (Å²) in [5, 5.41) is 6.63. The van der Waals surface area contributed by atoms with Crippen LogP contribution in [-0.2, 0) is 11.3 Å². The fourth-order valence-corrected chi connectivity index (χ4v) is 2.48. The highest BCUT2D eigenvalue weighted by molar-refractivity contribution is 5.79. The van der Waals surface area contributed by atoms with Crippen LogP contribution in [0.2, 0.25) is 0 Å². The van der Waals surface area contributed by atoms with Gasteiger partial charge in [0, 0.05) is 33.4 Å². The summed E-state index contributed by atoms with van der Waals surface area (Å²) in [6.45, 7) is 6.01. The van der Waals surface area contributed by atoms with Gasteiger partial charge in [0.15, 0.2) is 17.5 Å². The van der Waals surface area contributed by atoms with E-state index in [1.165, 1.54) is 12.8 Å². The Morgan fingerprint density at radius 3 is 2.73 bits per heavy atom. The van der Waals surface area contributed by atoms with Crippen molar-refractivity contribution in [1.29, 1.82) is 0 Å². The number of hydrogen-bond donors (Lipinski definition) is 2. The molecular formula is C20H33N3O3. The molecular weight excluding hydrogens is 330 g/mol. The maximum atomic E-state index is 5.69. The fraction of sp³-hybridized carbons (Fsp3) is 0.650. The number of hydrogen-bond acceptors (Lipinski definition) is 4. The quantitative estimate of drug-likeness (QED) is 0.340. The molecule has 2 N–H and O–H groups in total. The molecule has 0 spiro atoms. The first kappa shape index (κ1) is 20.4. The van der Waals surface area contributed by atoms with E-state index in [4.69, 9.17) is 14.2 Å². The van der Waals surface area contributed by atoms with Crippen molar-refractivity contribution in [1.82, 2.24) is 10.6 Å². The van der Waals surface area contributed by atoms with Gasteiger partial charge in [0.2, 0.25) is 0 Å². The number of ether oxygens (including phenoxy) is 3. The van der Waals surface area contributed by atoms with Crippen LogP contribution in [0.4, 0.5) is 0 Å². The van der Waals surface area contributed by atoms with Crippen LogP contribution in [0.25, 0.3) is 0 Å². The zero-order valence-corrected chi connectivity index (χ0v) is 16.3. The van der Waals surface area contributed by atoms with Gasteiger partial charge in [-0.2, -0.15) is 0 Å². The van der Waals surface area contributed by atoms with Crippen molar-refractivity contribution in [2.75, 3.05) is 40.5 Å². The first-order valence-corrected chi connectivity index (χ1v) is 9.58. The van der Waals surface area contributed by atoms with Crippen molar-refractivity contribution in [3.8, 4) is 11.5 Å². The second kappa shape index (κ2) is 11.6. The van der Waals surface area contributed by atoms with Crippen LogP contribution in [0, 0.1) is 5.92 Å². The molecule has 1 fully saturated rings. The van der Waals surface area contributed by atoms with E-state index in [-0.39, 0.29) is 0 Å². The van der Waals surface area contributed by atoms with Crippen LogP contribution in [0.15, 0.2) is 23.2 Å². The van der Waals surface area contributed by atoms with Crippen molar-refractivity contribution < 1.29 is 14.2 Å². The average Bonchev–Trinajstić information content (AvgIpc) is 3.49. The van der Waals surface area contributed by atoms with Gasteiger partial charge < -0.3 is 24.8 Å². The molecule has 0 amide bonds. The number of benzene rings is 1. The van der Waals surface area contributed by atoms with E-state index in [1.807, 2.05) is 18.2 Å². The Hall–Kier alpha value is -1.95. The predicted molar refractivity (Wildman–Crippen MR) is 105 cm³/mol. The monoisotopic (exact) mass is 363 g/mol. The molecule has 0 aliphatic heterocycles. The van der Waals surface area contributed by atoms with E-state index in [1.54, 1.807) is 14.2 Å². The summed E-state index contributed by atoms with van der Waals surface area (Å²) in [6.07, 6.45) is 4.63. The number of rotatable bonds is 12. The van der Waals surface area contributed by atoms with Crippen LogP contribution >= 0.6 is 0 Å². The molecule has 1 saturated carbocycles. The Morgan fingerprint density at radius 1 is 1.19 bits per heavy atom. The van der Waals surface area contributed by atoms with E-state index < -0.39 is 0 Å². The Labute approximate surface area is 157 Å². The highest BCUT2D eigenvalue weighted by atomic mass is 16.5. The summed E-state index contributed by atoms with van der Waals surface area (Å²) >= 11 is 0. The molecule has 0 saturated heterocycles. The summed E-state index contributed by atoms with van der Waals surface area (Å²) < 4.78 is 16.8. The third kappa shape index (κ3) is 7.52. The average molecular weight is 364 g/mol.